The minimum atomic E-state index is -3.05. The van der Waals surface area contributed by atoms with Gasteiger partial charge in [0.05, 0.1) is 5.25 Å². The van der Waals surface area contributed by atoms with Crippen molar-refractivity contribution >= 4 is 15.5 Å². The van der Waals surface area contributed by atoms with Gasteiger partial charge >= 0.3 is 0 Å². The molecule has 0 unspecified atom stereocenters. The second-order valence-corrected chi connectivity index (χ2v) is 6.69. The average molecular weight is 243 g/mol. The number of sulfone groups is 1. The van der Waals surface area contributed by atoms with E-state index in [0.29, 0.717) is 5.71 Å². The van der Waals surface area contributed by atoms with Crippen LogP contribution in [0.1, 0.15) is 27.7 Å². The fourth-order valence-corrected chi connectivity index (χ4v) is 2.05. The van der Waals surface area contributed by atoms with Crippen molar-refractivity contribution in [1.29, 1.82) is 0 Å². The Balaban J connectivity index is 5.08. The molecule has 0 fully saturated rings. The molecule has 0 spiro atoms. The van der Waals surface area contributed by atoms with Gasteiger partial charge in [-0.15, -0.1) is 0 Å². The van der Waals surface area contributed by atoms with E-state index in [2.05, 4.69) is 11.6 Å². The molecule has 0 radical (unpaired) electrons. The molecule has 16 heavy (non-hydrogen) atoms. The van der Waals surface area contributed by atoms with E-state index in [0.717, 1.165) is 5.57 Å². The van der Waals surface area contributed by atoms with Crippen LogP contribution >= 0.6 is 0 Å². The molecule has 0 aromatic rings. The van der Waals surface area contributed by atoms with Crippen molar-refractivity contribution < 1.29 is 8.42 Å². The zero-order valence-electron chi connectivity index (χ0n) is 10.7. The smallest absolute Gasteiger partial charge is 0.150 e. The summed E-state index contributed by atoms with van der Waals surface area (Å²) in [6, 6.07) is 0. The van der Waals surface area contributed by atoms with Crippen LogP contribution in [0.3, 0.4) is 0 Å². The minimum Gasteiger partial charge on any atom is -0.261 e. The van der Waals surface area contributed by atoms with Gasteiger partial charge in [0, 0.05) is 24.1 Å². The van der Waals surface area contributed by atoms with Crippen molar-refractivity contribution in [1.82, 2.24) is 0 Å². The standard InChI is InChI=1S/C12H21NO2S/c1-7-12(13-8-9(2)3)10(4)11(5)16(6,14)15/h7-8,10-11H,1H2,2-6H3/b13-12+/t10-,11-/m0/s1. The maximum Gasteiger partial charge on any atom is 0.150 e. The molecular formula is C12H21NO2S. The van der Waals surface area contributed by atoms with Crippen molar-refractivity contribution in [3.63, 3.8) is 0 Å². The molecule has 0 amide bonds. The van der Waals surface area contributed by atoms with E-state index >= 15 is 0 Å². The van der Waals surface area contributed by atoms with Gasteiger partial charge in [0.1, 0.15) is 0 Å². The van der Waals surface area contributed by atoms with Crippen molar-refractivity contribution in [3.8, 4) is 0 Å². The Bertz CT molecular complexity index is 401. The number of rotatable bonds is 5. The van der Waals surface area contributed by atoms with Crippen molar-refractivity contribution in [2.75, 3.05) is 6.26 Å². The second-order valence-electron chi connectivity index (χ2n) is 4.29. The first-order chi connectivity index (χ1) is 7.20. The molecule has 0 rings (SSSR count). The largest absolute Gasteiger partial charge is 0.261 e. The topological polar surface area (TPSA) is 46.5 Å². The van der Waals surface area contributed by atoms with Crippen molar-refractivity contribution in [2.45, 2.75) is 32.9 Å². The number of hydrogen-bond donors (Lipinski definition) is 0. The molecule has 0 saturated heterocycles. The van der Waals surface area contributed by atoms with Crippen molar-refractivity contribution in [2.24, 2.45) is 10.9 Å². The summed E-state index contributed by atoms with van der Waals surface area (Å²) < 4.78 is 22.9. The first kappa shape index (κ1) is 15.1. The zero-order chi connectivity index (χ0) is 12.9. The number of nitrogens with zero attached hydrogens (tertiary/aromatic N) is 1. The lowest BCUT2D eigenvalue weighted by molar-refractivity contribution is 0.575. The summed E-state index contributed by atoms with van der Waals surface area (Å²) in [4.78, 5) is 4.25. The molecular weight excluding hydrogens is 222 g/mol. The molecule has 0 bridgehead atoms. The molecule has 0 aliphatic heterocycles. The van der Waals surface area contributed by atoms with Gasteiger partial charge in [0.15, 0.2) is 9.84 Å². The highest BCUT2D eigenvalue weighted by atomic mass is 32.2. The van der Waals surface area contributed by atoms with E-state index < -0.39 is 15.1 Å². The van der Waals surface area contributed by atoms with Gasteiger partial charge in [-0.2, -0.15) is 0 Å². The number of hydrogen-bond acceptors (Lipinski definition) is 3. The summed E-state index contributed by atoms with van der Waals surface area (Å²) in [6.45, 7) is 11.1. The second kappa shape index (κ2) is 5.99. The Labute approximate surface area is 98.9 Å². The van der Waals surface area contributed by atoms with E-state index in [1.54, 1.807) is 19.2 Å². The minimum absolute atomic E-state index is 0.150. The lowest BCUT2D eigenvalue weighted by Crippen LogP contribution is -2.29. The van der Waals surface area contributed by atoms with Gasteiger partial charge < -0.3 is 0 Å². The Morgan fingerprint density at radius 1 is 1.31 bits per heavy atom. The van der Waals surface area contributed by atoms with E-state index in [-0.39, 0.29) is 5.92 Å². The molecule has 92 valence electrons. The number of aliphatic imine (C=N–C) groups is 1. The molecule has 3 nitrogen and oxygen atoms in total. The highest BCUT2D eigenvalue weighted by Crippen LogP contribution is 2.14. The molecule has 0 aromatic heterocycles. The molecule has 2 atom stereocenters. The maximum absolute atomic E-state index is 11.4. The quantitative estimate of drug-likeness (QED) is 0.697. The third-order valence-corrected chi connectivity index (χ3v) is 4.29. The normalized spacial score (nSPS) is 16.4. The Hall–Kier alpha value is -0.900. The monoisotopic (exact) mass is 243 g/mol. The molecule has 0 aromatic carbocycles. The Morgan fingerprint density at radius 3 is 2.12 bits per heavy atom. The molecule has 0 N–H and O–H groups in total. The third-order valence-electron chi connectivity index (χ3n) is 2.53. The summed E-state index contributed by atoms with van der Waals surface area (Å²) in [5.74, 6) is -0.150. The lowest BCUT2D eigenvalue weighted by atomic mass is 10.0. The molecule has 0 heterocycles. The van der Waals surface area contributed by atoms with Crippen LogP contribution in [0.15, 0.2) is 29.4 Å². The zero-order valence-corrected chi connectivity index (χ0v) is 11.5. The first-order valence-corrected chi connectivity index (χ1v) is 7.18. The van der Waals surface area contributed by atoms with Crippen LogP contribution in [0.5, 0.6) is 0 Å². The third kappa shape index (κ3) is 4.75. The van der Waals surface area contributed by atoms with Gasteiger partial charge in [0.25, 0.3) is 0 Å². The van der Waals surface area contributed by atoms with Gasteiger partial charge in [-0.05, 0) is 26.8 Å². The first-order valence-electron chi connectivity index (χ1n) is 5.22. The van der Waals surface area contributed by atoms with E-state index in [1.807, 2.05) is 20.8 Å². The molecule has 4 heteroatoms. The van der Waals surface area contributed by atoms with Crippen LogP contribution in [0.25, 0.3) is 0 Å². The predicted molar refractivity (Wildman–Crippen MR) is 70.5 cm³/mol. The summed E-state index contributed by atoms with van der Waals surface area (Å²) in [5.41, 5.74) is 1.78. The molecule has 0 saturated carbocycles. The van der Waals surface area contributed by atoms with Gasteiger partial charge in [-0.3, -0.25) is 4.99 Å². The van der Waals surface area contributed by atoms with Crippen LogP contribution in [0, 0.1) is 5.92 Å². The fourth-order valence-electron chi connectivity index (χ4n) is 1.17. The summed E-state index contributed by atoms with van der Waals surface area (Å²) in [7, 11) is -3.05. The van der Waals surface area contributed by atoms with E-state index in [4.69, 9.17) is 0 Å². The van der Waals surface area contributed by atoms with Crippen molar-refractivity contribution in [3.05, 3.63) is 24.4 Å². The Morgan fingerprint density at radius 2 is 1.81 bits per heavy atom. The van der Waals surface area contributed by atoms with E-state index in [1.165, 1.54) is 6.26 Å². The maximum atomic E-state index is 11.4. The van der Waals surface area contributed by atoms with Crippen LogP contribution in [-0.4, -0.2) is 25.6 Å². The molecule has 0 aliphatic carbocycles. The van der Waals surface area contributed by atoms with E-state index in [9.17, 15) is 8.42 Å². The van der Waals surface area contributed by atoms with Gasteiger partial charge in [-0.1, -0.05) is 19.1 Å². The summed E-state index contributed by atoms with van der Waals surface area (Å²) in [6.07, 6.45) is 4.59. The fraction of sp³-hybridized carbons (Fsp3) is 0.583. The molecule has 0 aliphatic rings. The highest BCUT2D eigenvalue weighted by Gasteiger charge is 2.24. The predicted octanol–water partition coefficient (Wildman–Crippen LogP) is 2.61. The van der Waals surface area contributed by atoms with Gasteiger partial charge in [0.2, 0.25) is 0 Å². The van der Waals surface area contributed by atoms with Crippen LogP contribution < -0.4 is 0 Å². The average Bonchev–Trinajstić information content (AvgIpc) is 2.15. The number of allylic oxidation sites excluding steroid dienone is 2. The SMILES string of the molecule is C=C/C(=N\C=C(C)C)[C@@H](C)[C@H](C)S(C)(=O)=O. The Kier molecular flexibility index (Phi) is 5.65. The van der Waals surface area contributed by atoms with Crippen LogP contribution in [0.2, 0.25) is 0 Å². The summed E-state index contributed by atoms with van der Waals surface area (Å²) in [5, 5.41) is -0.449. The summed E-state index contributed by atoms with van der Waals surface area (Å²) >= 11 is 0. The lowest BCUT2D eigenvalue weighted by Gasteiger charge is -2.18. The highest BCUT2D eigenvalue weighted by molar-refractivity contribution is 7.91. The van der Waals surface area contributed by atoms with Gasteiger partial charge in [-0.25, -0.2) is 8.42 Å². The van der Waals surface area contributed by atoms with Crippen LogP contribution in [0.4, 0.5) is 0 Å². The van der Waals surface area contributed by atoms with Crippen LogP contribution in [-0.2, 0) is 9.84 Å².